The third-order valence-corrected chi connectivity index (χ3v) is 2.55. The molecule has 0 aliphatic carbocycles. The first-order valence-electron chi connectivity index (χ1n) is 6.05. The van der Waals surface area contributed by atoms with Gasteiger partial charge in [-0.2, -0.15) is 15.0 Å². The first-order valence-corrected chi connectivity index (χ1v) is 6.05. The van der Waals surface area contributed by atoms with Crippen molar-refractivity contribution in [3.05, 3.63) is 24.0 Å². The van der Waals surface area contributed by atoms with E-state index >= 15 is 0 Å². The number of halogens is 1. The molecule has 1 aromatic carbocycles. The third-order valence-electron chi connectivity index (χ3n) is 2.55. The van der Waals surface area contributed by atoms with E-state index in [0.29, 0.717) is 18.2 Å². The fourth-order valence-electron chi connectivity index (χ4n) is 1.61. The number of benzene rings is 1. The molecule has 2 rings (SSSR count). The Labute approximate surface area is 116 Å². The molecule has 0 saturated heterocycles. The maximum Gasteiger partial charge on any atom is 0.321 e. The molecule has 0 radical (unpaired) electrons. The van der Waals surface area contributed by atoms with Gasteiger partial charge in [-0.15, -0.1) is 0 Å². The van der Waals surface area contributed by atoms with Crippen LogP contribution >= 0.6 is 0 Å². The zero-order chi connectivity index (χ0) is 14.5. The summed E-state index contributed by atoms with van der Waals surface area (Å²) in [6.07, 6.45) is 0. The van der Waals surface area contributed by atoms with E-state index in [1.165, 1.54) is 20.3 Å². The Morgan fingerprint density at radius 2 is 1.95 bits per heavy atom. The Bertz CT molecular complexity index is 607. The smallest absolute Gasteiger partial charge is 0.321 e. The molecule has 1 heterocycles. The topological polar surface area (TPSA) is 69.2 Å². The second-order valence-electron chi connectivity index (χ2n) is 3.85. The van der Waals surface area contributed by atoms with Crippen molar-refractivity contribution in [1.82, 2.24) is 15.0 Å². The van der Waals surface area contributed by atoms with Crippen LogP contribution in [0.25, 0.3) is 11.4 Å². The van der Waals surface area contributed by atoms with Gasteiger partial charge in [-0.25, -0.2) is 4.39 Å². The minimum absolute atomic E-state index is 0.126. The Morgan fingerprint density at radius 1 is 1.15 bits per heavy atom. The maximum absolute atomic E-state index is 14.0. The summed E-state index contributed by atoms with van der Waals surface area (Å²) in [6, 6.07) is 4.60. The number of aromatic nitrogens is 3. The molecule has 20 heavy (non-hydrogen) atoms. The van der Waals surface area contributed by atoms with Crippen LogP contribution in [0.15, 0.2) is 18.2 Å². The first kappa shape index (κ1) is 14.0. The molecule has 0 unspecified atom stereocenters. The molecule has 0 aliphatic heterocycles. The summed E-state index contributed by atoms with van der Waals surface area (Å²) in [5.41, 5.74) is 0.255. The van der Waals surface area contributed by atoms with Crippen LogP contribution in [0.1, 0.15) is 6.92 Å². The van der Waals surface area contributed by atoms with E-state index in [2.05, 4.69) is 20.3 Å². The van der Waals surface area contributed by atoms with Crippen molar-refractivity contribution in [3.63, 3.8) is 0 Å². The summed E-state index contributed by atoms with van der Waals surface area (Å²) in [4.78, 5) is 12.2. The van der Waals surface area contributed by atoms with Crippen molar-refractivity contribution < 1.29 is 13.9 Å². The van der Waals surface area contributed by atoms with Crippen LogP contribution < -0.4 is 14.8 Å². The number of nitrogens with zero attached hydrogens (tertiary/aromatic N) is 3. The number of hydrogen-bond acceptors (Lipinski definition) is 6. The first-order chi connectivity index (χ1) is 9.67. The number of ether oxygens (including phenoxy) is 2. The molecule has 0 aliphatic rings. The Morgan fingerprint density at radius 3 is 2.55 bits per heavy atom. The van der Waals surface area contributed by atoms with Gasteiger partial charge in [0.15, 0.2) is 5.82 Å². The highest BCUT2D eigenvalue weighted by molar-refractivity contribution is 5.58. The summed E-state index contributed by atoms with van der Waals surface area (Å²) in [7, 11) is 2.92. The number of nitrogens with one attached hydrogen (secondary N) is 1. The van der Waals surface area contributed by atoms with Crippen molar-refractivity contribution in [2.75, 3.05) is 26.1 Å². The average Bonchev–Trinajstić information content (AvgIpc) is 2.47. The standard InChI is InChI=1S/C13H15FN4O2/c1-4-15-12-16-11(17-13(18-12)20-3)9-6-5-8(19-2)7-10(9)14/h5-7H,4H2,1-3H3,(H,15,16,17,18). The van der Waals surface area contributed by atoms with Crippen molar-refractivity contribution in [3.8, 4) is 23.1 Å². The third kappa shape index (κ3) is 2.93. The molecule has 0 atom stereocenters. The maximum atomic E-state index is 14.0. The highest BCUT2D eigenvalue weighted by Gasteiger charge is 2.13. The molecule has 0 saturated carbocycles. The second-order valence-corrected chi connectivity index (χ2v) is 3.85. The molecular formula is C13H15FN4O2. The minimum Gasteiger partial charge on any atom is -0.497 e. The fourth-order valence-corrected chi connectivity index (χ4v) is 1.61. The summed E-state index contributed by atoms with van der Waals surface area (Å²) in [6.45, 7) is 2.54. The molecule has 0 fully saturated rings. The van der Waals surface area contributed by atoms with Gasteiger partial charge in [0.1, 0.15) is 11.6 Å². The predicted octanol–water partition coefficient (Wildman–Crippen LogP) is 2.13. The zero-order valence-electron chi connectivity index (χ0n) is 11.5. The van der Waals surface area contributed by atoms with E-state index in [0.717, 1.165) is 0 Å². The highest BCUT2D eigenvalue weighted by Crippen LogP contribution is 2.25. The fraction of sp³-hybridized carbons (Fsp3) is 0.308. The molecule has 0 bridgehead atoms. The van der Waals surface area contributed by atoms with Crippen LogP contribution in [0.2, 0.25) is 0 Å². The largest absolute Gasteiger partial charge is 0.497 e. The van der Waals surface area contributed by atoms with E-state index in [1.54, 1.807) is 12.1 Å². The normalized spacial score (nSPS) is 10.2. The van der Waals surface area contributed by atoms with Crippen molar-refractivity contribution in [2.45, 2.75) is 6.92 Å². The van der Waals surface area contributed by atoms with Crippen LogP contribution in [0.5, 0.6) is 11.8 Å². The van der Waals surface area contributed by atoms with Gasteiger partial charge in [0, 0.05) is 12.6 Å². The van der Waals surface area contributed by atoms with Gasteiger partial charge in [-0.1, -0.05) is 0 Å². The summed E-state index contributed by atoms with van der Waals surface area (Å²) < 4.78 is 24.0. The lowest BCUT2D eigenvalue weighted by Gasteiger charge is -2.08. The lowest BCUT2D eigenvalue weighted by molar-refractivity contribution is 0.379. The minimum atomic E-state index is -0.472. The van der Waals surface area contributed by atoms with Crippen LogP contribution in [0.4, 0.5) is 10.3 Å². The van der Waals surface area contributed by atoms with Crippen molar-refractivity contribution in [2.24, 2.45) is 0 Å². The van der Waals surface area contributed by atoms with Crippen LogP contribution in [0.3, 0.4) is 0 Å². The van der Waals surface area contributed by atoms with Gasteiger partial charge in [-0.05, 0) is 19.1 Å². The molecular weight excluding hydrogens is 263 g/mol. The zero-order valence-corrected chi connectivity index (χ0v) is 11.5. The lowest BCUT2D eigenvalue weighted by Crippen LogP contribution is -2.06. The van der Waals surface area contributed by atoms with E-state index < -0.39 is 5.82 Å². The average molecular weight is 278 g/mol. The van der Waals surface area contributed by atoms with Crippen LogP contribution in [-0.4, -0.2) is 35.7 Å². The van der Waals surface area contributed by atoms with Gasteiger partial charge in [0.05, 0.1) is 19.8 Å². The summed E-state index contributed by atoms with van der Waals surface area (Å²) >= 11 is 0. The Hall–Kier alpha value is -2.44. The molecule has 0 spiro atoms. The predicted molar refractivity (Wildman–Crippen MR) is 72.5 cm³/mol. The molecule has 1 N–H and O–H groups in total. The molecule has 0 amide bonds. The number of hydrogen-bond donors (Lipinski definition) is 1. The highest BCUT2D eigenvalue weighted by atomic mass is 19.1. The van der Waals surface area contributed by atoms with Gasteiger partial charge < -0.3 is 14.8 Å². The van der Waals surface area contributed by atoms with Crippen LogP contribution in [-0.2, 0) is 0 Å². The summed E-state index contributed by atoms with van der Waals surface area (Å²) in [5.74, 6) is 0.497. The van der Waals surface area contributed by atoms with E-state index in [-0.39, 0.29) is 17.4 Å². The van der Waals surface area contributed by atoms with Crippen LogP contribution in [0, 0.1) is 5.82 Å². The monoisotopic (exact) mass is 278 g/mol. The van der Waals surface area contributed by atoms with E-state index in [4.69, 9.17) is 9.47 Å². The van der Waals surface area contributed by atoms with Crippen molar-refractivity contribution in [1.29, 1.82) is 0 Å². The Kier molecular flexibility index (Phi) is 4.29. The second kappa shape index (κ2) is 6.14. The van der Waals surface area contributed by atoms with Gasteiger partial charge in [0.2, 0.25) is 5.95 Å². The number of methoxy groups -OCH3 is 2. The molecule has 7 heteroatoms. The van der Waals surface area contributed by atoms with Gasteiger partial charge in [0.25, 0.3) is 0 Å². The number of anilines is 1. The quantitative estimate of drug-likeness (QED) is 0.903. The lowest BCUT2D eigenvalue weighted by atomic mass is 10.2. The molecule has 1 aromatic heterocycles. The molecule has 6 nitrogen and oxygen atoms in total. The number of rotatable bonds is 5. The van der Waals surface area contributed by atoms with E-state index in [9.17, 15) is 4.39 Å². The van der Waals surface area contributed by atoms with Gasteiger partial charge in [-0.3, -0.25) is 0 Å². The summed E-state index contributed by atoms with van der Waals surface area (Å²) in [5, 5.41) is 2.95. The van der Waals surface area contributed by atoms with E-state index in [1.807, 2.05) is 6.92 Å². The van der Waals surface area contributed by atoms with Gasteiger partial charge >= 0.3 is 6.01 Å². The van der Waals surface area contributed by atoms with Crippen molar-refractivity contribution >= 4 is 5.95 Å². The molecule has 106 valence electrons. The molecule has 2 aromatic rings. The Balaban J connectivity index is 2.48. The SMILES string of the molecule is CCNc1nc(OC)nc(-c2ccc(OC)cc2F)n1.